The lowest BCUT2D eigenvalue weighted by Crippen LogP contribution is -1.98. The summed E-state index contributed by atoms with van der Waals surface area (Å²) in [5.74, 6) is 1.27. The van der Waals surface area contributed by atoms with Crippen LogP contribution >= 0.6 is 0 Å². The third kappa shape index (κ3) is 4.66. The van der Waals surface area contributed by atoms with Crippen LogP contribution in [0.4, 0.5) is 0 Å². The summed E-state index contributed by atoms with van der Waals surface area (Å²) in [4.78, 5) is 21.9. The molecule has 34 heavy (non-hydrogen) atoms. The molecule has 0 spiro atoms. The second-order valence-electron chi connectivity index (χ2n) is 7.68. The van der Waals surface area contributed by atoms with Crippen LogP contribution in [0.25, 0.3) is 35.1 Å². The number of carbonyl (C=O) groups is 2. The van der Waals surface area contributed by atoms with Gasteiger partial charge in [0.25, 0.3) is 0 Å². The Morgan fingerprint density at radius 3 is 1.18 bits per heavy atom. The molecule has 0 atom stereocenters. The molecule has 0 heterocycles. The predicted octanol–water partition coefficient (Wildman–Crippen LogP) is 6.82. The largest absolute Gasteiger partial charge is 0.492 e. The van der Waals surface area contributed by atoms with Crippen molar-refractivity contribution in [2.24, 2.45) is 0 Å². The highest BCUT2D eigenvalue weighted by molar-refractivity contribution is 6.04. The monoisotopic (exact) mass is 448 g/mol. The van der Waals surface area contributed by atoms with E-state index in [1.807, 2.05) is 60.7 Å². The number of hydrogen-bond acceptors (Lipinski definition) is 4. The van der Waals surface area contributed by atoms with Gasteiger partial charge in [-0.2, -0.15) is 0 Å². The summed E-state index contributed by atoms with van der Waals surface area (Å²) in [6.07, 6.45) is 9.65. The first-order chi connectivity index (χ1) is 16.7. The molecule has 168 valence electrons. The first-order valence-electron chi connectivity index (χ1n) is 10.8. The lowest BCUT2D eigenvalue weighted by atomic mass is 9.95. The van der Waals surface area contributed by atoms with Crippen molar-refractivity contribution in [3.8, 4) is 11.5 Å². The number of benzene rings is 4. The fourth-order valence-corrected chi connectivity index (χ4v) is 3.91. The van der Waals surface area contributed by atoms with Crippen LogP contribution in [-0.2, 0) is 0 Å². The van der Waals surface area contributed by atoms with Crippen LogP contribution in [0.1, 0.15) is 43.0 Å². The van der Waals surface area contributed by atoms with E-state index in [4.69, 9.17) is 9.47 Å². The van der Waals surface area contributed by atoms with Crippen LogP contribution in [-0.4, -0.2) is 26.8 Å². The number of aldehydes is 2. The maximum atomic E-state index is 10.9. The Kier molecular flexibility index (Phi) is 6.99. The summed E-state index contributed by atoms with van der Waals surface area (Å²) in [5.41, 5.74) is 5.03. The van der Waals surface area contributed by atoms with Gasteiger partial charge in [0.1, 0.15) is 12.6 Å². The molecule has 4 rings (SSSR count). The van der Waals surface area contributed by atoms with Gasteiger partial charge < -0.3 is 9.47 Å². The van der Waals surface area contributed by atoms with Crippen LogP contribution in [0.3, 0.4) is 0 Å². The molecule has 0 saturated carbocycles. The normalized spacial score (nSPS) is 11.2. The molecule has 0 radical (unpaired) electrons. The standard InChI is InChI=1S/C30H24O4/c1-33-29-27(17-15-21-7-11-23(19-31)12-8-21)25-5-3-4-6-26(25)28(30(29)34-2)18-16-22-9-13-24(20-32)14-10-22/h3-20H,1-2H3/b17-15+,18-16+. The highest BCUT2D eigenvalue weighted by atomic mass is 16.5. The molecule has 0 aliphatic rings. The molecule has 0 aliphatic carbocycles. The van der Waals surface area contributed by atoms with Crippen molar-refractivity contribution >= 4 is 47.6 Å². The van der Waals surface area contributed by atoms with Crippen LogP contribution in [0, 0.1) is 0 Å². The van der Waals surface area contributed by atoms with Crippen molar-refractivity contribution in [2.45, 2.75) is 0 Å². The Morgan fingerprint density at radius 1 is 0.500 bits per heavy atom. The van der Waals surface area contributed by atoms with Gasteiger partial charge in [-0.1, -0.05) is 84.9 Å². The van der Waals surface area contributed by atoms with Gasteiger partial charge in [0, 0.05) is 22.3 Å². The summed E-state index contributed by atoms with van der Waals surface area (Å²) in [6, 6.07) is 22.9. The van der Waals surface area contributed by atoms with E-state index in [9.17, 15) is 9.59 Å². The van der Waals surface area contributed by atoms with Gasteiger partial charge >= 0.3 is 0 Å². The number of fused-ring (bicyclic) bond motifs is 1. The molecule has 0 bridgehead atoms. The van der Waals surface area contributed by atoms with Gasteiger partial charge in [0.15, 0.2) is 11.5 Å². The summed E-state index contributed by atoms with van der Waals surface area (Å²) < 4.78 is 11.7. The topological polar surface area (TPSA) is 52.6 Å². The van der Waals surface area contributed by atoms with E-state index in [0.717, 1.165) is 45.6 Å². The highest BCUT2D eigenvalue weighted by Crippen LogP contribution is 2.43. The van der Waals surface area contributed by atoms with Crippen molar-refractivity contribution < 1.29 is 19.1 Å². The first kappa shape index (κ1) is 22.7. The molecule has 0 fully saturated rings. The summed E-state index contributed by atoms with van der Waals surface area (Å²) in [5, 5.41) is 2.05. The molecular formula is C30H24O4. The molecule has 0 aliphatic heterocycles. The van der Waals surface area contributed by atoms with Gasteiger partial charge in [-0.25, -0.2) is 0 Å². The van der Waals surface area contributed by atoms with E-state index in [-0.39, 0.29) is 0 Å². The van der Waals surface area contributed by atoms with Crippen molar-refractivity contribution in [3.05, 3.63) is 106 Å². The minimum absolute atomic E-state index is 0.637. The van der Waals surface area contributed by atoms with Crippen molar-refractivity contribution in [2.75, 3.05) is 14.2 Å². The lowest BCUT2D eigenvalue weighted by molar-refractivity contribution is 0.111. The Morgan fingerprint density at radius 2 is 0.853 bits per heavy atom. The third-order valence-corrected chi connectivity index (χ3v) is 5.64. The predicted molar refractivity (Wildman–Crippen MR) is 139 cm³/mol. The zero-order valence-corrected chi connectivity index (χ0v) is 19.0. The molecule has 0 unspecified atom stereocenters. The second-order valence-corrected chi connectivity index (χ2v) is 7.68. The molecule has 4 heteroatoms. The molecular weight excluding hydrogens is 424 g/mol. The Labute approximate surface area is 198 Å². The van der Waals surface area contributed by atoms with Crippen molar-refractivity contribution in [1.82, 2.24) is 0 Å². The van der Waals surface area contributed by atoms with E-state index in [1.165, 1.54) is 0 Å². The molecule has 0 N–H and O–H groups in total. The molecule has 4 aromatic carbocycles. The first-order valence-corrected chi connectivity index (χ1v) is 10.8. The van der Waals surface area contributed by atoms with Crippen molar-refractivity contribution in [3.63, 3.8) is 0 Å². The van der Waals surface area contributed by atoms with Crippen LogP contribution in [0.15, 0.2) is 72.8 Å². The van der Waals surface area contributed by atoms with Gasteiger partial charge in [-0.15, -0.1) is 0 Å². The van der Waals surface area contributed by atoms with E-state index < -0.39 is 0 Å². The maximum Gasteiger partial charge on any atom is 0.169 e. The molecule has 0 saturated heterocycles. The van der Waals surface area contributed by atoms with Crippen LogP contribution < -0.4 is 9.47 Å². The number of ether oxygens (including phenoxy) is 2. The molecule has 0 amide bonds. The van der Waals surface area contributed by atoms with Crippen LogP contribution in [0.2, 0.25) is 0 Å². The van der Waals surface area contributed by atoms with Gasteiger partial charge in [-0.3, -0.25) is 9.59 Å². The average molecular weight is 449 g/mol. The van der Waals surface area contributed by atoms with E-state index in [0.29, 0.717) is 22.6 Å². The lowest BCUT2D eigenvalue weighted by Gasteiger charge is -2.17. The summed E-state index contributed by atoms with van der Waals surface area (Å²) in [6.45, 7) is 0. The second kappa shape index (κ2) is 10.5. The maximum absolute atomic E-state index is 10.9. The number of carbonyl (C=O) groups excluding carboxylic acids is 2. The minimum atomic E-state index is 0.637. The van der Waals surface area contributed by atoms with Gasteiger partial charge in [0.2, 0.25) is 0 Å². The smallest absolute Gasteiger partial charge is 0.169 e. The Bertz CT molecular complexity index is 1270. The highest BCUT2D eigenvalue weighted by Gasteiger charge is 2.18. The molecule has 4 aromatic rings. The SMILES string of the molecule is COc1c(OC)c(/C=C/c2ccc(C=O)cc2)c2ccccc2c1/C=C/c1ccc(C=O)cc1. The van der Waals surface area contributed by atoms with E-state index in [2.05, 4.69) is 12.1 Å². The minimum Gasteiger partial charge on any atom is -0.492 e. The van der Waals surface area contributed by atoms with E-state index in [1.54, 1.807) is 38.5 Å². The number of hydrogen-bond donors (Lipinski definition) is 0. The zero-order chi connectivity index (χ0) is 23.9. The summed E-state index contributed by atoms with van der Waals surface area (Å²) in [7, 11) is 3.27. The fraction of sp³-hybridized carbons (Fsp3) is 0.0667. The van der Waals surface area contributed by atoms with Gasteiger partial charge in [-0.05, 0) is 34.1 Å². The Hall–Kier alpha value is -4.44. The fourth-order valence-electron chi connectivity index (χ4n) is 3.91. The van der Waals surface area contributed by atoms with E-state index >= 15 is 0 Å². The molecule has 4 nitrogen and oxygen atoms in total. The average Bonchev–Trinajstić information content (AvgIpc) is 2.90. The third-order valence-electron chi connectivity index (χ3n) is 5.64. The zero-order valence-electron chi connectivity index (χ0n) is 19.0. The quantitative estimate of drug-likeness (QED) is 0.219. The van der Waals surface area contributed by atoms with Crippen LogP contribution in [0.5, 0.6) is 11.5 Å². The number of methoxy groups -OCH3 is 2. The molecule has 0 aromatic heterocycles. The van der Waals surface area contributed by atoms with Crippen molar-refractivity contribution in [1.29, 1.82) is 0 Å². The summed E-state index contributed by atoms with van der Waals surface area (Å²) >= 11 is 0. The van der Waals surface area contributed by atoms with Gasteiger partial charge in [0.05, 0.1) is 14.2 Å². The number of rotatable bonds is 8. The Balaban J connectivity index is 1.84.